The molecule has 4 rings (SSSR count). The summed E-state index contributed by atoms with van der Waals surface area (Å²) in [5.41, 5.74) is 1.97. The fourth-order valence-electron chi connectivity index (χ4n) is 4.70. The van der Waals surface area contributed by atoms with Crippen LogP contribution in [0.4, 0.5) is 4.79 Å². The highest BCUT2D eigenvalue weighted by Gasteiger charge is 2.33. The molecule has 2 aliphatic heterocycles. The van der Waals surface area contributed by atoms with E-state index in [1.54, 1.807) is 9.80 Å². The fraction of sp³-hybridized carbons (Fsp3) is 0.593. The Kier molecular flexibility index (Phi) is 7.29. The van der Waals surface area contributed by atoms with Crippen LogP contribution in [-0.4, -0.2) is 66.0 Å². The molecule has 0 saturated carbocycles. The van der Waals surface area contributed by atoms with Crippen molar-refractivity contribution < 1.29 is 23.9 Å². The molecule has 2 saturated heterocycles. The Morgan fingerprint density at radius 1 is 1.00 bits per heavy atom. The number of amides is 2. The van der Waals surface area contributed by atoms with Gasteiger partial charge in [-0.1, -0.05) is 18.2 Å². The zero-order valence-corrected chi connectivity index (χ0v) is 20.5. The van der Waals surface area contributed by atoms with Gasteiger partial charge in [0.25, 0.3) is 0 Å². The summed E-state index contributed by atoms with van der Waals surface area (Å²) in [6, 6.07) is 8.19. The van der Waals surface area contributed by atoms with Crippen molar-refractivity contribution in [2.45, 2.75) is 58.5 Å². The Morgan fingerprint density at radius 2 is 1.68 bits per heavy atom. The monoisotopic (exact) mass is 468 g/mol. The molecule has 2 heterocycles. The average molecular weight is 469 g/mol. The highest BCUT2D eigenvalue weighted by Crippen LogP contribution is 2.32. The van der Waals surface area contributed by atoms with E-state index in [2.05, 4.69) is 18.2 Å². The van der Waals surface area contributed by atoms with Crippen LogP contribution in [0.3, 0.4) is 0 Å². The Balaban J connectivity index is 1.20. The van der Waals surface area contributed by atoms with E-state index in [0.29, 0.717) is 25.6 Å². The van der Waals surface area contributed by atoms with Crippen molar-refractivity contribution in [3.05, 3.63) is 35.9 Å². The number of carbonyl (C=O) groups excluding carboxylic acids is 3. The summed E-state index contributed by atoms with van der Waals surface area (Å²) < 4.78 is 11.5. The average Bonchev–Trinajstić information content (AvgIpc) is 2.80. The van der Waals surface area contributed by atoms with E-state index in [1.807, 2.05) is 32.9 Å². The molecule has 7 nitrogen and oxygen atoms in total. The van der Waals surface area contributed by atoms with Crippen molar-refractivity contribution in [2.24, 2.45) is 11.8 Å². The van der Waals surface area contributed by atoms with Crippen molar-refractivity contribution in [3.8, 4) is 5.75 Å². The zero-order valence-electron chi connectivity index (χ0n) is 20.5. The lowest BCUT2D eigenvalue weighted by molar-refractivity contribution is -0.148. The number of ether oxygens (including phenoxy) is 2. The van der Waals surface area contributed by atoms with Gasteiger partial charge in [-0.2, -0.15) is 0 Å². The summed E-state index contributed by atoms with van der Waals surface area (Å²) in [6.07, 6.45) is 6.20. The van der Waals surface area contributed by atoms with Crippen LogP contribution in [-0.2, 0) is 14.3 Å². The summed E-state index contributed by atoms with van der Waals surface area (Å²) >= 11 is 0. The predicted octanol–water partition coefficient (Wildman–Crippen LogP) is 4.31. The molecule has 1 aromatic rings. The van der Waals surface area contributed by atoms with Crippen LogP contribution in [0.25, 0.3) is 5.57 Å². The van der Waals surface area contributed by atoms with Crippen LogP contribution in [0.2, 0.25) is 0 Å². The molecule has 2 amide bonds. The first-order chi connectivity index (χ1) is 16.2. The number of piperidine rings is 1. The van der Waals surface area contributed by atoms with E-state index >= 15 is 0 Å². The van der Waals surface area contributed by atoms with Gasteiger partial charge in [0.2, 0.25) is 5.91 Å². The van der Waals surface area contributed by atoms with Crippen LogP contribution < -0.4 is 4.74 Å². The molecule has 7 heteroatoms. The van der Waals surface area contributed by atoms with Gasteiger partial charge < -0.3 is 19.3 Å². The van der Waals surface area contributed by atoms with E-state index in [1.165, 1.54) is 11.1 Å². The molecule has 0 aromatic heterocycles. The fourth-order valence-corrected chi connectivity index (χ4v) is 4.70. The molecule has 184 valence electrons. The first-order valence-electron chi connectivity index (χ1n) is 12.4. The van der Waals surface area contributed by atoms with Crippen LogP contribution in [0, 0.1) is 11.8 Å². The van der Waals surface area contributed by atoms with E-state index in [4.69, 9.17) is 9.47 Å². The SMILES string of the molecule is CC(C)(C)OC(=O)N1CCC(COc2ccc(C3=CCC(C(=O)N4CC(=O)C4)CC3)cc2)CC1. The van der Waals surface area contributed by atoms with Gasteiger partial charge >= 0.3 is 6.09 Å². The number of Topliss-reactive ketones (excluding diaryl/α,β-unsaturated/α-hetero) is 1. The highest BCUT2D eigenvalue weighted by atomic mass is 16.6. The normalized spacial score (nSPS) is 21.6. The lowest BCUT2D eigenvalue weighted by atomic mass is 9.85. The highest BCUT2D eigenvalue weighted by molar-refractivity contribution is 5.97. The number of rotatable bonds is 5. The molecule has 0 radical (unpaired) electrons. The Morgan fingerprint density at radius 3 is 2.24 bits per heavy atom. The minimum Gasteiger partial charge on any atom is -0.493 e. The van der Waals surface area contributed by atoms with E-state index in [9.17, 15) is 14.4 Å². The van der Waals surface area contributed by atoms with Gasteiger partial charge in [-0.05, 0) is 82.1 Å². The second-order valence-electron chi connectivity index (χ2n) is 10.7. The number of carbonyl (C=O) groups is 3. The maximum Gasteiger partial charge on any atom is 0.410 e. The topological polar surface area (TPSA) is 76.2 Å². The molecule has 34 heavy (non-hydrogen) atoms. The second-order valence-corrected chi connectivity index (χ2v) is 10.7. The van der Waals surface area contributed by atoms with E-state index in [-0.39, 0.29) is 36.8 Å². The van der Waals surface area contributed by atoms with E-state index < -0.39 is 5.60 Å². The standard InChI is InChI=1S/C27H36N2O5/c1-27(2,3)34-26(32)28-14-12-19(13-15-28)18-33-24-10-8-21(9-11-24)20-4-6-22(7-5-20)25(31)29-16-23(30)17-29/h4,8-11,19,22H,5-7,12-18H2,1-3H3. The third-order valence-corrected chi connectivity index (χ3v) is 6.78. The number of allylic oxidation sites excluding steroid dienone is 2. The second kappa shape index (κ2) is 10.2. The summed E-state index contributed by atoms with van der Waals surface area (Å²) in [6.45, 7) is 8.29. The molecule has 1 unspecified atom stereocenters. The number of hydrogen-bond acceptors (Lipinski definition) is 5. The van der Waals surface area contributed by atoms with Crippen molar-refractivity contribution in [3.63, 3.8) is 0 Å². The summed E-state index contributed by atoms with van der Waals surface area (Å²) in [7, 11) is 0. The number of ketones is 1. The van der Waals surface area contributed by atoms with Gasteiger partial charge in [-0.15, -0.1) is 0 Å². The maximum absolute atomic E-state index is 12.4. The van der Waals surface area contributed by atoms with Crippen LogP contribution in [0.5, 0.6) is 5.75 Å². The summed E-state index contributed by atoms with van der Waals surface area (Å²) in [5, 5.41) is 0. The molecule has 2 fully saturated rings. The Bertz CT molecular complexity index is 931. The molecule has 0 spiro atoms. The van der Waals surface area contributed by atoms with Crippen LogP contribution in [0.15, 0.2) is 30.3 Å². The van der Waals surface area contributed by atoms with Gasteiger partial charge in [0.1, 0.15) is 11.4 Å². The maximum atomic E-state index is 12.4. The van der Waals surface area contributed by atoms with Gasteiger partial charge in [0.05, 0.1) is 19.7 Å². The van der Waals surface area contributed by atoms with Crippen molar-refractivity contribution in [1.29, 1.82) is 0 Å². The lowest BCUT2D eigenvalue weighted by Crippen LogP contribution is -2.52. The third kappa shape index (κ3) is 6.19. The van der Waals surface area contributed by atoms with Gasteiger partial charge in [-0.25, -0.2) is 4.79 Å². The molecule has 1 atom stereocenters. The van der Waals surface area contributed by atoms with Crippen LogP contribution in [0.1, 0.15) is 58.4 Å². The minimum atomic E-state index is -0.466. The zero-order chi connectivity index (χ0) is 24.3. The molecular weight excluding hydrogens is 432 g/mol. The third-order valence-electron chi connectivity index (χ3n) is 6.78. The Labute approximate surface area is 202 Å². The number of nitrogens with zero attached hydrogens (tertiary/aromatic N) is 2. The smallest absolute Gasteiger partial charge is 0.410 e. The quantitative estimate of drug-likeness (QED) is 0.644. The minimum absolute atomic E-state index is 0.00110. The summed E-state index contributed by atoms with van der Waals surface area (Å²) in [5.74, 6) is 1.55. The lowest BCUT2D eigenvalue weighted by Gasteiger charge is -2.33. The molecular formula is C27H36N2O5. The number of likely N-dealkylation sites (tertiary alicyclic amines) is 2. The van der Waals surface area contributed by atoms with E-state index in [0.717, 1.165) is 37.9 Å². The molecule has 0 N–H and O–H groups in total. The van der Waals surface area contributed by atoms with Gasteiger partial charge in [-0.3, -0.25) is 9.59 Å². The summed E-state index contributed by atoms with van der Waals surface area (Å²) in [4.78, 5) is 39.2. The van der Waals surface area contributed by atoms with Gasteiger partial charge in [0, 0.05) is 19.0 Å². The van der Waals surface area contributed by atoms with Crippen molar-refractivity contribution in [2.75, 3.05) is 32.8 Å². The molecule has 1 aromatic carbocycles. The van der Waals surface area contributed by atoms with Crippen molar-refractivity contribution in [1.82, 2.24) is 9.80 Å². The largest absolute Gasteiger partial charge is 0.493 e. The molecule has 0 bridgehead atoms. The first-order valence-corrected chi connectivity index (χ1v) is 12.4. The number of benzene rings is 1. The van der Waals surface area contributed by atoms with Crippen LogP contribution >= 0.6 is 0 Å². The van der Waals surface area contributed by atoms with Gasteiger partial charge in [0.15, 0.2) is 5.78 Å². The number of hydrogen-bond donors (Lipinski definition) is 0. The first kappa shape index (κ1) is 24.3. The molecule has 3 aliphatic rings. The Hall–Kier alpha value is -2.83. The van der Waals surface area contributed by atoms with Crippen molar-refractivity contribution >= 4 is 23.4 Å². The molecule has 1 aliphatic carbocycles. The predicted molar refractivity (Wildman–Crippen MR) is 129 cm³/mol.